The smallest absolute Gasteiger partial charge is 0.191 e. The summed E-state index contributed by atoms with van der Waals surface area (Å²) in [6.45, 7) is 15.3. The van der Waals surface area contributed by atoms with Crippen LogP contribution in [0.2, 0.25) is 0 Å². The maximum atomic E-state index is 5.29. The summed E-state index contributed by atoms with van der Waals surface area (Å²) in [6.07, 6.45) is 1.11. The Hall–Kier alpha value is -0.810. The molecule has 0 amide bonds. The second kappa shape index (κ2) is 12.0. The molecule has 0 rings (SSSR count). The van der Waals surface area contributed by atoms with Crippen molar-refractivity contribution in [3.05, 3.63) is 0 Å². The topological polar surface area (TPSA) is 48.9 Å². The van der Waals surface area contributed by atoms with Gasteiger partial charge in [-0.2, -0.15) is 0 Å². The monoisotopic (exact) mass is 286 g/mol. The third kappa shape index (κ3) is 9.15. The first kappa shape index (κ1) is 19.2. The molecule has 120 valence electrons. The van der Waals surface area contributed by atoms with Crippen LogP contribution in [0, 0.1) is 0 Å². The molecule has 0 radical (unpaired) electrons. The molecule has 0 heterocycles. The number of nitrogens with zero attached hydrogens (tertiary/aromatic N) is 2. The van der Waals surface area contributed by atoms with Crippen molar-refractivity contribution >= 4 is 5.96 Å². The second-order valence-corrected chi connectivity index (χ2v) is 5.40. The number of ether oxygens (including phenoxy) is 1. The van der Waals surface area contributed by atoms with Gasteiger partial charge in [-0.25, -0.2) is 0 Å². The van der Waals surface area contributed by atoms with Crippen molar-refractivity contribution in [1.29, 1.82) is 0 Å². The van der Waals surface area contributed by atoms with E-state index in [0.717, 1.165) is 38.6 Å². The van der Waals surface area contributed by atoms with Gasteiger partial charge in [-0.1, -0.05) is 0 Å². The molecule has 0 aromatic carbocycles. The Morgan fingerprint density at radius 2 is 1.70 bits per heavy atom. The zero-order chi connectivity index (χ0) is 15.4. The van der Waals surface area contributed by atoms with Crippen molar-refractivity contribution < 1.29 is 4.74 Å². The maximum absolute atomic E-state index is 5.29. The molecule has 0 aliphatic carbocycles. The van der Waals surface area contributed by atoms with Gasteiger partial charge in [0, 0.05) is 45.4 Å². The highest BCUT2D eigenvalue weighted by Gasteiger charge is 2.12. The Bertz CT molecular complexity index is 246. The Kier molecular flexibility index (Phi) is 11.5. The lowest BCUT2D eigenvalue weighted by atomic mass is 10.2. The largest absolute Gasteiger partial charge is 0.380 e. The fourth-order valence-electron chi connectivity index (χ4n) is 2.19. The van der Waals surface area contributed by atoms with E-state index in [2.05, 4.69) is 48.2 Å². The number of rotatable bonds is 10. The minimum absolute atomic E-state index is 0.596. The highest BCUT2D eigenvalue weighted by Crippen LogP contribution is 2.05. The molecule has 5 nitrogen and oxygen atoms in total. The molecule has 0 saturated carbocycles. The molecule has 20 heavy (non-hydrogen) atoms. The quantitative estimate of drug-likeness (QED) is 0.364. The zero-order valence-corrected chi connectivity index (χ0v) is 14.2. The number of hydrogen-bond acceptors (Lipinski definition) is 3. The van der Waals surface area contributed by atoms with Gasteiger partial charge in [-0.05, 0) is 41.0 Å². The van der Waals surface area contributed by atoms with E-state index in [1.165, 1.54) is 0 Å². The molecular weight excluding hydrogens is 252 g/mol. The van der Waals surface area contributed by atoms with Crippen LogP contribution >= 0.6 is 0 Å². The van der Waals surface area contributed by atoms with E-state index in [9.17, 15) is 0 Å². The second-order valence-electron chi connectivity index (χ2n) is 5.40. The molecule has 5 heteroatoms. The van der Waals surface area contributed by atoms with Crippen LogP contribution in [0.15, 0.2) is 4.99 Å². The molecule has 0 aromatic heterocycles. The Labute approximate surface area is 125 Å². The van der Waals surface area contributed by atoms with E-state index < -0.39 is 0 Å². The molecular formula is C15H34N4O. The first-order valence-corrected chi connectivity index (χ1v) is 7.80. The van der Waals surface area contributed by atoms with E-state index in [1.54, 1.807) is 7.05 Å². The fourth-order valence-corrected chi connectivity index (χ4v) is 2.19. The lowest BCUT2D eigenvalue weighted by Gasteiger charge is -2.30. The van der Waals surface area contributed by atoms with Gasteiger partial charge in [0.15, 0.2) is 5.96 Å². The molecule has 0 spiro atoms. The van der Waals surface area contributed by atoms with E-state index in [4.69, 9.17) is 4.74 Å². The number of hydrogen-bond donors (Lipinski definition) is 2. The predicted molar refractivity (Wildman–Crippen MR) is 87.5 cm³/mol. The van der Waals surface area contributed by atoms with Crippen molar-refractivity contribution in [2.75, 3.05) is 39.9 Å². The highest BCUT2D eigenvalue weighted by atomic mass is 16.5. The van der Waals surface area contributed by atoms with Crippen LogP contribution in [-0.4, -0.2) is 62.8 Å². The summed E-state index contributed by atoms with van der Waals surface area (Å²) in [5, 5.41) is 6.57. The van der Waals surface area contributed by atoms with Crippen molar-refractivity contribution in [3.63, 3.8) is 0 Å². The van der Waals surface area contributed by atoms with E-state index in [1.807, 2.05) is 6.92 Å². The fraction of sp³-hybridized carbons (Fsp3) is 0.933. The van der Waals surface area contributed by atoms with E-state index in [0.29, 0.717) is 18.7 Å². The highest BCUT2D eigenvalue weighted by molar-refractivity contribution is 5.79. The lowest BCUT2D eigenvalue weighted by Crippen LogP contribution is -2.42. The minimum atomic E-state index is 0.596. The van der Waals surface area contributed by atoms with Gasteiger partial charge in [0.2, 0.25) is 0 Å². The molecule has 0 unspecified atom stereocenters. The first-order valence-electron chi connectivity index (χ1n) is 7.80. The third-order valence-corrected chi connectivity index (χ3v) is 3.18. The van der Waals surface area contributed by atoms with Crippen LogP contribution < -0.4 is 10.6 Å². The summed E-state index contributed by atoms with van der Waals surface area (Å²) in [5.74, 6) is 0.852. The number of guanidine groups is 1. The van der Waals surface area contributed by atoms with Crippen molar-refractivity contribution in [2.24, 2.45) is 4.99 Å². The number of aliphatic imine (C=N–C) groups is 1. The minimum Gasteiger partial charge on any atom is -0.380 e. The van der Waals surface area contributed by atoms with Crippen LogP contribution in [0.1, 0.15) is 41.0 Å². The van der Waals surface area contributed by atoms with Crippen molar-refractivity contribution in [1.82, 2.24) is 15.5 Å². The average molecular weight is 286 g/mol. The first-order chi connectivity index (χ1) is 9.52. The van der Waals surface area contributed by atoms with Crippen LogP contribution in [-0.2, 0) is 4.74 Å². The van der Waals surface area contributed by atoms with Gasteiger partial charge in [0.05, 0.1) is 6.61 Å². The van der Waals surface area contributed by atoms with E-state index >= 15 is 0 Å². The normalized spacial score (nSPS) is 12.6. The summed E-state index contributed by atoms with van der Waals surface area (Å²) >= 11 is 0. The Morgan fingerprint density at radius 1 is 1.10 bits per heavy atom. The molecule has 0 bridgehead atoms. The maximum Gasteiger partial charge on any atom is 0.191 e. The Balaban J connectivity index is 3.79. The van der Waals surface area contributed by atoms with Gasteiger partial charge in [0.1, 0.15) is 0 Å². The summed E-state index contributed by atoms with van der Waals surface area (Å²) in [5.41, 5.74) is 0. The molecule has 0 fully saturated rings. The molecule has 2 N–H and O–H groups in total. The summed E-state index contributed by atoms with van der Waals surface area (Å²) in [7, 11) is 1.80. The lowest BCUT2D eigenvalue weighted by molar-refractivity contribution is 0.152. The molecule has 0 atom stereocenters. The Morgan fingerprint density at radius 3 is 2.20 bits per heavy atom. The van der Waals surface area contributed by atoms with Crippen LogP contribution in [0.25, 0.3) is 0 Å². The number of nitrogens with one attached hydrogen (secondary N) is 2. The van der Waals surface area contributed by atoms with Crippen molar-refractivity contribution in [2.45, 2.75) is 53.1 Å². The molecule has 0 saturated heterocycles. The van der Waals surface area contributed by atoms with Crippen LogP contribution in [0.5, 0.6) is 0 Å². The average Bonchev–Trinajstić information content (AvgIpc) is 2.39. The zero-order valence-electron chi connectivity index (χ0n) is 14.2. The summed E-state index contributed by atoms with van der Waals surface area (Å²) in [4.78, 5) is 6.70. The third-order valence-electron chi connectivity index (χ3n) is 3.18. The SMILES string of the molecule is CCOCCNC(=NC)NCCCN(C(C)C)C(C)C. The standard InChI is InChI=1S/C15H34N4O/c1-7-20-12-10-18-15(16-6)17-9-8-11-19(13(2)3)14(4)5/h13-14H,7-12H2,1-6H3,(H2,16,17,18). The molecule has 0 aromatic rings. The van der Waals surface area contributed by atoms with Crippen LogP contribution in [0.4, 0.5) is 0 Å². The van der Waals surface area contributed by atoms with Crippen LogP contribution in [0.3, 0.4) is 0 Å². The predicted octanol–water partition coefficient (Wildman–Crippen LogP) is 1.70. The van der Waals surface area contributed by atoms with Gasteiger partial charge >= 0.3 is 0 Å². The van der Waals surface area contributed by atoms with Gasteiger partial charge in [0.25, 0.3) is 0 Å². The molecule has 0 aliphatic rings. The van der Waals surface area contributed by atoms with Gasteiger partial charge in [-0.3, -0.25) is 9.89 Å². The van der Waals surface area contributed by atoms with Gasteiger partial charge in [-0.15, -0.1) is 0 Å². The van der Waals surface area contributed by atoms with Crippen molar-refractivity contribution in [3.8, 4) is 0 Å². The summed E-state index contributed by atoms with van der Waals surface area (Å²) in [6, 6.07) is 1.19. The van der Waals surface area contributed by atoms with Gasteiger partial charge < -0.3 is 15.4 Å². The summed E-state index contributed by atoms with van der Waals surface area (Å²) < 4.78 is 5.29. The van der Waals surface area contributed by atoms with E-state index in [-0.39, 0.29) is 0 Å². The molecule has 0 aliphatic heterocycles.